The second-order valence-corrected chi connectivity index (χ2v) is 3.38. The zero-order valence-electron chi connectivity index (χ0n) is 8.74. The molecule has 1 heterocycles. The van der Waals surface area contributed by atoms with Crippen LogP contribution in [0.15, 0.2) is 36.4 Å². The largest absolute Gasteiger partial charge is 1.00 e. The van der Waals surface area contributed by atoms with Gasteiger partial charge < -0.3 is 11.0 Å². The first kappa shape index (κ1) is 11.6. The molecule has 0 amide bonds. The van der Waals surface area contributed by atoms with Crippen molar-refractivity contribution in [3.63, 3.8) is 0 Å². The topological polar surface area (TPSA) is 3.24 Å². The Kier molecular flexibility index (Phi) is 5.04. The molecule has 0 aromatic heterocycles. The average Bonchev–Trinajstić information content (AvgIpc) is 2.21. The van der Waals surface area contributed by atoms with Gasteiger partial charge in [0.05, 0.1) is 0 Å². The fourth-order valence-electron chi connectivity index (χ4n) is 1.59. The first-order chi connectivity index (χ1) is 6.45. The SMILES string of the molecule is [C-]1=CCN(Cc2ccccc2)CC1.[Li+]. The van der Waals surface area contributed by atoms with Crippen LogP contribution in [0.1, 0.15) is 12.0 Å². The number of rotatable bonds is 2. The number of benzene rings is 1. The summed E-state index contributed by atoms with van der Waals surface area (Å²) < 4.78 is 0. The van der Waals surface area contributed by atoms with Gasteiger partial charge >= 0.3 is 18.9 Å². The van der Waals surface area contributed by atoms with Crippen molar-refractivity contribution in [2.24, 2.45) is 0 Å². The molecule has 0 N–H and O–H groups in total. The second-order valence-electron chi connectivity index (χ2n) is 3.38. The molecular formula is C12H14LiN. The van der Waals surface area contributed by atoms with Crippen LogP contribution in [0.4, 0.5) is 0 Å². The summed E-state index contributed by atoms with van der Waals surface area (Å²) in [6.45, 7) is 3.26. The van der Waals surface area contributed by atoms with Gasteiger partial charge in [-0.05, 0) is 18.7 Å². The van der Waals surface area contributed by atoms with E-state index in [1.54, 1.807) is 0 Å². The quantitative estimate of drug-likeness (QED) is 0.427. The molecule has 0 fully saturated rings. The van der Waals surface area contributed by atoms with E-state index < -0.39 is 0 Å². The van der Waals surface area contributed by atoms with Gasteiger partial charge in [-0.25, -0.2) is 0 Å². The van der Waals surface area contributed by atoms with Crippen molar-refractivity contribution in [1.82, 2.24) is 4.90 Å². The smallest absolute Gasteiger partial charge is 0.498 e. The van der Waals surface area contributed by atoms with Crippen molar-refractivity contribution < 1.29 is 18.9 Å². The predicted molar refractivity (Wildman–Crippen MR) is 54.1 cm³/mol. The van der Waals surface area contributed by atoms with Crippen LogP contribution in [-0.2, 0) is 6.54 Å². The minimum absolute atomic E-state index is 0. The normalized spacial score (nSPS) is 16.3. The minimum Gasteiger partial charge on any atom is -0.498 e. The summed E-state index contributed by atoms with van der Waals surface area (Å²) in [5.74, 6) is 0. The Morgan fingerprint density at radius 2 is 2.00 bits per heavy atom. The molecule has 0 unspecified atom stereocenters. The third kappa shape index (κ3) is 3.34. The number of nitrogens with zero attached hydrogens (tertiary/aromatic N) is 1. The second kappa shape index (κ2) is 6.09. The Labute approximate surface area is 98.0 Å². The van der Waals surface area contributed by atoms with Crippen LogP contribution in [0, 0.1) is 6.08 Å². The van der Waals surface area contributed by atoms with E-state index in [0.29, 0.717) is 0 Å². The molecule has 0 bridgehead atoms. The van der Waals surface area contributed by atoms with E-state index in [9.17, 15) is 0 Å². The molecule has 68 valence electrons. The zero-order valence-corrected chi connectivity index (χ0v) is 8.74. The fraction of sp³-hybridized carbons (Fsp3) is 0.333. The predicted octanol–water partition coefficient (Wildman–Crippen LogP) is -0.744. The molecule has 1 aliphatic heterocycles. The van der Waals surface area contributed by atoms with Gasteiger partial charge in [-0.3, -0.25) is 6.08 Å². The van der Waals surface area contributed by atoms with Gasteiger partial charge in [0, 0.05) is 6.54 Å². The maximum Gasteiger partial charge on any atom is 1.00 e. The van der Waals surface area contributed by atoms with Crippen molar-refractivity contribution in [2.45, 2.75) is 13.0 Å². The summed E-state index contributed by atoms with van der Waals surface area (Å²) in [6, 6.07) is 10.6. The Morgan fingerprint density at radius 3 is 2.64 bits per heavy atom. The molecule has 0 radical (unpaired) electrons. The van der Waals surface area contributed by atoms with Crippen LogP contribution in [0.25, 0.3) is 0 Å². The van der Waals surface area contributed by atoms with Gasteiger partial charge in [0.2, 0.25) is 0 Å². The van der Waals surface area contributed by atoms with E-state index >= 15 is 0 Å². The Morgan fingerprint density at radius 1 is 1.21 bits per heavy atom. The summed E-state index contributed by atoms with van der Waals surface area (Å²) in [4.78, 5) is 2.44. The van der Waals surface area contributed by atoms with Crippen molar-refractivity contribution in [2.75, 3.05) is 13.1 Å². The molecule has 1 aromatic rings. The zero-order chi connectivity index (χ0) is 8.93. The number of hydrogen-bond donors (Lipinski definition) is 0. The molecule has 0 aliphatic carbocycles. The summed E-state index contributed by atoms with van der Waals surface area (Å²) in [5, 5.41) is 0. The van der Waals surface area contributed by atoms with Crippen LogP contribution in [0.2, 0.25) is 0 Å². The molecule has 0 spiro atoms. The first-order valence-electron chi connectivity index (χ1n) is 4.76. The Balaban J connectivity index is 0.000000980. The van der Waals surface area contributed by atoms with Gasteiger partial charge in [0.15, 0.2) is 0 Å². The average molecular weight is 179 g/mol. The van der Waals surface area contributed by atoms with Gasteiger partial charge in [-0.15, -0.1) is 0 Å². The molecule has 0 saturated heterocycles. The summed E-state index contributed by atoms with van der Waals surface area (Å²) in [6.07, 6.45) is 6.44. The minimum atomic E-state index is 0. The Hall–Kier alpha value is -0.483. The molecule has 14 heavy (non-hydrogen) atoms. The maximum atomic E-state index is 3.23. The molecule has 2 rings (SSSR count). The molecular weight excluding hydrogens is 165 g/mol. The Bertz CT molecular complexity index is 282. The van der Waals surface area contributed by atoms with Crippen LogP contribution >= 0.6 is 0 Å². The molecule has 2 heteroatoms. The van der Waals surface area contributed by atoms with E-state index in [4.69, 9.17) is 0 Å². The van der Waals surface area contributed by atoms with Crippen molar-refractivity contribution in [1.29, 1.82) is 0 Å². The maximum absolute atomic E-state index is 3.23. The third-order valence-corrected chi connectivity index (χ3v) is 2.32. The van der Waals surface area contributed by atoms with Crippen molar-refractivity contribution >= 4 is 0 Å². The summed E-state index contributed by atoms with van der Waals surface area (Å²) in [7, 11) is 0. The molecule has 1 nitrogen and oxygen atoms in total. The molecule has 1 aromatic carbocycles. The van der Waals surface area contributed by atoms with Crippen LogP contribution < -0.4 is 18.9 Å². The van der Waals surface area contributed by atoms with E-state index in [-0.39, 0.29) is 18.9 Å². The van der Waals surface area contributed by atoms with E-state index in [1.807, 2.05) is 0 Å². The van der Waals surface area contributed by atoms with Gasteiger partial charge in [0.25, 0.3) is 0 Å². The van der Waals surface area contributed by atoms with Crippen molar-refractivity contribution in [3.05, 3.63) is 48.0 Å². The summed E-state index contributed by atoms with van der Waals surface area (Å²) in [5.41, 5.74) is 1.40. The molecule has 0 saturated carbocycles. The molecule has 0 atom stereocenters. The fourth-order valence-corrected chi connectivity index (χ4v) is 1.59. The first-order valence-corrected chi connectivity index (χ1v) is 4.76. The monoisotopic (exact) mass is 179 g/mol. The summed E-state index contributed by atoms with van der Waals surface area (Å²) >= 11 is 0. The standard InChI is InChI=1S/C12H14N.Li/c1-3-7-12(8-4-1)11-13-9-5-2-6-10-13;/h1,3-5,7-8H,6,9-11H2;/q-1;+1. The van der Waals surface area contributed by atoms with Gasteiger partial charge in [0.1, 0.15) is 0 Å². The van der Waals surface area contributed by atoms with Gasteiger partial charge in [-0.2, -0.15) is 6.42 Å². The molecule has 1 aliphatic rings. The van der Waals surface area contributed by atoms with Crippen LogP contribution in [-0.4, -0.2) is 18.0 Å². The van der Waals surface area contributed by atoms with Gasteiger partial charge in [-0.1, -0.05) is 30.3 Å². The van der Waals surface area contributed by atoms with Crippen LogP contribution in [0.3, 0.4) is 0 Å². The van der Waals surface area contributed by atoms with E-state index in [1.165, 1.54) is 5.56 Å². The third-order valence-electron chi connectivity index (χ3n) is 2.32. The van der Waals surface area contributed by atoms with Crippen LogP contribution in [0.5, 0.6) is 0 Å². The van der Waals surface area contributed by atoms with E-state index in [0.717, 1.165) is 26.1 Å². The van der Waals surface area contributed by atoms with E-state index in [2.05, 4.69) is 47.4 Å². The number of hydrogen-bond acceptors (Lipinski definition) is 1. The van der Waals surface area contributed by atoms with Crippen molar-refractivity contribution in [3.8, 4) is 0 Å².